The van der Waals surface area contributed by atoms with Crippen molar-refractivity contribution in [1.29, 1.82) is 0 Å². The molecule has 0 aliphatic rings. The van der Waals surface area contributed by atoms with Crippen LogP contribution in [0.15, 0.2) is 30.6 Å². The molecule has 0 saturated heterocycles. The number of hydrogen-bond acceptors (Lipinski definition) is 3. The Kier molecular flexibility index (Phi) is 4.44. The molecule has 0 unspecified atom stereocenters. The number of imidazole rings is 1. The van der Waals surface area contributed by atoms with E-state index in [-0.39, 0.29) is 12.4 Å². The minimum Gasteiger partial charge on any atom is -1.00 e. The Balaban J connectivity index is 0.00000162. The van der Waals surface area contributed by atoms with Crippen LogP contribution >= 0.6 is 0 Å². The third kappa shape index (κ3) is 2.87. The highest BCUT2D eigenvalue weighted by atomic mass is 35.5. The first kappa shape index (κ1) is 14.2. The molecule has 0 radical (unpaired) electrons. The molecule has 98 valence electrons. The summed E-state index contributed by atoms with van der Waals surface area (Å²) in [5, 5.41) is 0. The summed E-state index contributed by atoms with van der Waals surface area (Å²) in [5.74, 6) is 1.66. The van der Waals surface area contributed by atoms with Crippen molar-refractivity contribution in [3.63, 3.8) is 0 Å². The van der Waals surface area contributed by atoms with Crippen molar-refractivity contribution in [3.05, 3.63) is 36.4 Å². The molecule has 6 heteroatoms. The molecule has 2 rings (SSSR count). The molecule has 0 amide bonds. The number of nitrogen functional groups attached to an aromatic ring is 2. The van der Waals surface area contributed by atoms with Crippen LogP contribution < -0.4 is 33.2 Å². The third-order valence-corrected chi connectivity index (χ3v) is 2.72. The number of rotatable bonds is 3. The van der Waals surface area contributed by atoms with Crippen molar-refractivity contribution >= 4 is 11.4 Å². The van der Waals surface area contributed by atoms with Gasteiger partial charge < -0.3 is 28.6 Å². The predicted molar refractivity (Wildman–Crippen MR) is 66.2 cm³/mol. The molecule has 5 nitrogen and oxygen atoms in total. The fraction of sp³-hybridized carbons (Fsp3) is 0.250. The molecule has 4 N–H and O–H groups in total. The minimum atomic E-state index is 0. The molecular formula is C12H17ClN4O. The van der Waals surface area contributed by atoms with Gasteiger partial charge in [-0.05, 0) is 12.1 Å². The maximum Gasteiger partial charge on any atom is 0.294 e. The summed E-state index contributed by atoms with van der Waals surface area (Å²) in [6.45, 7) is 0.452. The van der Waals surface area contributed by atoms with Gasteiger partial charge in [-0.15, -0.1) is 0 Å². The molecule has 1 aromatic heterocycles. The molecule has 0 aliphatic heterocycles. The van der Waals surface area contributed by atoms with Crippen LogP contribution in [0.4, 0.5) is 11.4 Å². The highest BCUT2D eigenvalue weighted by molar-refractivity contribution is 5.59. The van der Waals surface area contributed by atoms with Crippen molar-refractivity contribution < 1.29 is 21.7 Å². The SMILES string of the molecule is Cn1cc[n+](C)c1COc1cc(N)ccc1N.[Cl-]. The minimum absolute atomic E-state index is 0. The molecule has 18 heavy (non-hydrogen) atoms. The van der Waals surface area contributed by atoms with Gasteiger partial charge in [0.15, 0.2) is 6.61 Å². The van der Waals surface area contributed by atoms with Gasteiger partial charge in [-0.25, -0.2) is 9.13 Å². The van der Waals surface area contributed by atoms with E-state index in [1.807, 2.05) is 35.6 Å². The summed E-state index contributed by atoms with van der Waals surface area (Å²) in [6.07, 6.45) is 3.95. The lowest BCUT2D eigenvalue weighted by Gasteiger charge is -2.08. The van der Waals surface area contributed by atoms with Crippen LogP contribution in [-0.4, -0.2) is 4.57 Å². The highest BCUT2D eigenvalue weighted by Crippen LogP contribution is 2.24. The average Bonchev–Trinajstić information content (AvgIpc) is 2.61. The Labute approximate surface area is 112 Å². The smallest absolute Gasteiger partial charge is 0.294 e. The molecule has 0 fully saturated rings. The standard InChI is InChI=1S/C12H17N4O.ClH/c1-15-5-6-16(2)12(15)8-17-11-7-9(13)3-4-10(11)14;/h3-7H,8,13-14H2,1-2H3;1H/q+1;/p-1. The predicted octanol–water partition coefficient (Wildman–Crippen LogP) is -2.40. The largest absolute Gasteiger partial charge is 1.00 e. The van der Waals surface area contributed by atoms with Crippen LogP contribution in [0.1, 0.15) is 5.82 Å². The Hall–Kier alpha value is -1.88. The number of halogens is 1. The fourth-order valence-electron chi connectivity index (χ4n) is 1.64. The maximum absolute atomic E-state index is 5.81. The molecule has 1 heterocycles. The zero-order valence-electron chi connectivity index (χ0n) is 10.4. The van der Waals surface area contributed by atoms with E-state index >= 15 is 0 Å². The fourth-order valence-corrected chi connectivity index (χ4v) is 1.64. The van der Waals surface area contributed by atoms with Gasteiger partial charge in [0, 0.05) is 11.8 Å². The Morgan fingerprint density at radius 3 is 2.67 bits per heavy atom. The average molecular weight is 269 g/mol. The van der Waals surface area contributed by atoms with Crippen molar-refractivity contribution in [2.75, 3.05) is 11.5 Å². The van der Waals surface area contributed by atoms with E-state index in [0.29, 0.717) is 23.7 Å². The number of anilines is 2. The lowest BCUT2D eigenvalue weighted by atomic mass is 10.2. The van der Waals surface area contributed by atoms with Crippen LogP contribution in [0.2, 0.25) is 0 Å². The van der Waals surface area contributed by atoms with Gasteiger partial charge in [0.25, 0.3) is 5.82 Å². The zero-order chi connectivity index (χ0) is 12.4. The van der Waals surface area contributed by atoms with E-state index in [0.717, 1.165) is 5.82 Å². The topological polar surface area (TPSA) is 70.1 Å². The van der Waals surface area contributed by atoms with Crippen LogP contribution in [-0.2, 0) is 20.7 Å². The second-order valence-corrected chi connectivity index (χ2v) is 4.02. The number of nitrogens with zero attached hydrogens (tertiary/aromatic N) is 2. The van der Waals surface area contributed by atoms with Crippen molar-refractivity contribution in [2.45, 2.75) is 6.61 Å². The first-order valence-electron chi connectivity index (χ1n) is 5.35. The van der Waals surface area contributed by atoms with E-state index < -0.39 is 0 Å². The molecular weight excluding hydrogens is 252 g/mol. The van der Waals surface area contributed by atoms with E-state index in [4.69, 9.17) is 16.2 Å². The third-order valence-electron chi connectivity index (χ3n) is 2.72. The lowest BCUT2D eigenvalue weighted by Crippen LogP contribution is -3.00. The van der Waals surface area contributed by atoms with Gasteiger partial charge in [-0.1, -0.05) is 0 Å². The molecule has 0 aliphatic carbocycles. The Morgan fingerprint density at radius 2 is 2.06 bits per heavy atom. The lowest BCUT2D eigenvalue weighted by molar-refractivity contribution is -0.680. The first-order valence-corrected chi connectivity index (χ1v) is 5.35. The second-order valence-electron chi connectivity index (χ2n) is 4.02. The number of ether oxygens (including phenoxy) is 1. The number of aromatic nitrogens is 2. The quantitative estimate of drug-likeness (QED) is 0.482. The van der Waals surface area contributed by atoms with Gasteiger partial charge >= 0.3 is 0 Å². The van der Waals surface area contributed by atoms with Crippen LogP contribution in [0.5, 0.6) is 5.75 Å². The van der Waals surface area contributed by atoms with Crippen LogP contribution in [0, 0.1) is 0 Å². The Bertz CT molecular complexity index is 519. The zero-order valence-corrected chi connectivity index (χ0v) is 11.2. The molecule has 0 saturated carbocycles. The van der Waals surface area contributed by atoms with Crippen molar-refractivity contribution in [2.24, 2.45) is 14.1 Å². The summed E-state index contributed by atoms with van der Waals surface area (Å²) < 4.78 is 9.68. The second kappa shape index (κ2) is 5.64. The van der Waals surface area contributed by atoms with Gasteiger partial charge in [0.1, 0.15) is 18.1 Å². The Morgan fingerprint density at radius 1 is 1.33 bits per heavy atom. The summed E-state index contributed by atoms with van der Waals surface area (Å²) in [6, 6.07) is 5.23. The molecule has 0 atom stereocenters. The summed E-state index contributed by atoms with van der Waals surface area (Å²) in [7, 11) is 3.95. The van der Waals surface area contributed by atoms with Crippen LogP contribution in [0.25, 0.3) is 0 Å². The van der Waals surface area contributed by atoms with Gasteiger partial charge in [0.05, 0.1) is 19.8 Å². The number of benzene rings is 1. The number of aryl methyl sites for hydroxylation is 2. The first-order chi connectivity index (χ1) is 8.08. The van der Waals surface area contributed by atoms with Gasteiger partial charge in [0.2, 0.25) is 0 Å². The van der Waals surface area contributed by atoms with Crippen molar-refractivity contribution in [3.8, 4) is 5.75 Å². The molecule has 0 bridgehead atoms. The maximum atomic E-state index is 5.81. The summed E-state index contributed by atoms with van der Waals surface area (Å²) in [5.41, 5.74) is 12.7. The van der Waals surface area contributed by atoms with E-state index in [1.54, 1.807) is 18.2 Å². The van der Waals surface area contributed by atoms with Crippen molar-refractivity contribution in [1.82, 2.24) is 4.57 Å². The number of hydrogen-bond donors (Lipinski definition) is 2. The van der Waals surface area contributed by atoms with Gasteiger partial charge in [-0.3, -0.25) is 0 Å². The number of nitrogens with two attached hydrogens (primary N) is 2. The monoisotopic (exact) mass is 268 g/mol. The van der Waals surface area contributed by atoms with Gasteiger partial charge in [-0.2, -0.15) is 0 Å². The molecule has 2 aromatic rings. The van der Waals surface area contributed by atoms with E-state index in [9.17, 15) is 0 Å². The summed E-state index contributed by atoms with van der Waals surface area (Å²) in [4.78, 5) is 0. The highest BCUT2D eigenvalue weighted by Gasteiger charge is 2.12. The summed E-state index contributed by atoms with van der Waals surface area (Å²) >= 11 is 0. The van der Waals surface area contributed by atoms with E-state index in [2.05, 4.69) is 0 Å². The molecule has 0 spiro atoms. The normalized spacial score (nSPS) is 9.89. The van der Waals surface area contributed by atoms with E-state index in [1.165, 1.54) is 0 Å². The van der Waals surface area contributed by atoms with Crippen LogP contribution in [0.3, 0.4) is 0 Å². The molecule has 1 aromatic carbocycles.